The van der Waals surface area contributed by atoms with Crippen molar-refractivity contribution in [3.05, 3.63) is 52.4 Å². The minimum atomic E-state index is -0.600. The van der Waals surface area contributed by atoms with Crippen LogP contribution in [0.4, 0.5) is 16.2 Å². The largest absolute Gasteiger partial charge is 0.444 e. The van der Waals surface area contributed by atoms with E-state index < -0.39 is 23.2 Å². The molecule has 2 rings (SSSR count). The van der Waals surface area contributed by atoms with Crippen molar-refractivity contribution in [2.75, 3.05) is 17.2 Å². The second kappa shape index (κ2) is 9.49. The van der Waals surface area contributed by atoms with Crippen molar-refractivity contribution in [2.24, 2.45) is 0 Å². The van der Waals surface area contributed by atoms with Crippen molar-refractivity contribution in [2.45, 2.75) is 32.8 Å². The molecule has 0 fully saturated rings. The molecule has 29 heavy (non-hydrogen) atoms. The zero-order valence-corrected chi connectivity index (χ0v) is 16.4. The van der Waals surface area contributed by atoms with Gasteiger partial charge in [0.15, 0.2) is 0 Å². The molecule has 0 radical (unpaired) electrons. The summed E-state index contributed by atoms with van der Waals surface area (Å²) in [4.78, 5) is 46.5. The zero-order chi connectivity index (χ0) is 21.4. The molecule has 10 nitrogen and oxygen atoms in total. The Morgan fingerprint density at radius 3 is 2.17 bits per heavy atom. The maximum atomic E-state index is 12.0. The summed E-state index contributed by atoms with van der Waals surface area (Å²) in [5.74, 6) is -0.762. The molecule has 0 aliphatic carbocycles. The van der Waals surface area contributed by atoms with Gasteiger partial charge in [-0.25, -0.2) is 9.89 Å². The Morgan fingerprint density at radius 2 is 1.62 bits per heavy atom. The number of H-pyrrole nitrogens is 1. The second-order valence-corrected chi connectivity index (χ2v) is 7.06. The van der Waals surface area contributed by atoms with Crippen molar-refractivity contribution < 1.29 is 19.1 Å². The van der Waals surface area contributed by atoms with Crippen LogP contribution in [0.3, 0.4) is 0 Å². The molecular weight excluding hydrogens is 378 g/mol. The summed E-state index contributed by atoms with van der Waals surface area (Å²) < 4.78 is 5.08. The van der Waals surface area contributed by atoms with E-state index in [1.807, 2.05) is 0 Å². The third-order valence-electron chi connectivity index (χ3n) is 3.36. The summed E-state index contributed by atoms with van der Waals surface area (Å²) in [6.45, 7) is 5.40. The maximum absolute atomic E-state index is 12.0. The predicted octanol–water partition coefficient (Wildman–Crippen LogP) is 1.88. The first-order chi connectivity index (χ1) is 13.6. The highest BCUT2D eigenvalue weighted by atomic mass is 16.6. The summed E-state index contributed by atoms with van der Waals surface area (Å²) in [5.41, 5.74) is 0.0968. The van der Waals surface area contributed by atoms with Crippen LogP contribution in [-0.4, -0.2) is 40.3 Å². The molecule has 0 saturated carbocycles. The fraction of sp³-hybridized carbons (Fsp3) is 0.316. The van der Waals surface area contributed by atoms with Crippen molar-refractivity contribution in [1.82, 2.24) is 15.5 Å². The molecule has 0 aliphatic rings. The Hall–Kier alpha value is -3.69. The second-order valence-electron chi connectivity index (χ2n) is 7.06. The number of carbonyl (C=O) groups is 3. The normalized spacial score (nSPS) is 10.7. The predicted molar refractivity (Wildman–Crippen MR) is 107 cm³/mol. The summed E-state index contributed by atoms with van der Waals surface area (Å²) >= 11 is 0. The number of rotatable bonds is 6. The van der Waals surface area contributed by atoms with E-state index in [4.69, 9.17) is 4.74 Å². The minimum absolute atomic E-state index is 0.0690. The highest BCUT2D eigenvalue weighted by Crippen LogP contribution is 2.14. The van der Waals surface area contributed by atoms with Crippen LogP contribution in [0.2, 0.25) is 0 Å². The van der Waals surface area contributed by atoms with Crippen molar-refractivity contribution in [3.63, 3.8) is 0 Å². The molecule has 10 heteroatoms. The number of nitrogens with one attached hydrogen (secondary N) is 4. The van der Waals surface area contributed by atoms with E-state index in [0.717, 1.165) is 0 Å². The van der Waals surface area contributed by atoms with E-state index in [-0.39, 0.29) is 24.6 Å². The monoisotopic (exact) mass is 401 g/mol. The number of hydrogen-bond donors (Lipinski definition) is 4. The first-order valence-electron chi connectivity index (χ1n) is 8.86. The summed E-state index contributed by atoms with van der Waals surface area (Å²) in [7, 11) is 0. The number of anilines is 2. The number of benzene rings is 1. The molecule has 0 bridgehead atoms. The summed E-state index contributed by atoms with van der Waals surface area (Å²) in [5, 5.41) is 13.7. The van der Waals surface area contributed by atoms with Gasteiger partial charge in [-0.3, -0.25) is 14.4 Å². The van der Waals surface area contributed by atoms with Crippen LogP contribution >= 0.6 is 0 Å². The molecule has 0 aliphatic heterocycles. The third kappa shape index (κ3) is 7.83. The van der Waals surface area contributed by atoms with E-state index in [9.17, 15) is 19.2 Å². The van der Waals surface area contributed by atoms with Crippen LogP contribution < -0.4 is 21.5 Å². The Kier molecular flexibility index (Phi) is 7.07. The van der Waals surface area contributed by atoms with Gasteiger partial charge >= 0.3 is 6.09 Å². The van der Waals surface area contributed by atoms with E-state index in [0.29, 0.717) is 11.4 Å². The first-order valence-corrected chi connectivity index (χ1v) is 8.86. The highest BCUT2D eigenvalue weighted by molar-refractivity contribution is 6.02. The van der Waals surface area contributed by atoms with Crippen molar-refractivity contribution >= 4 is 29.3 Å². The molecule has 2 aromatic rings. The third-order valence-corrected chi connectivity index (χ3v) is 3.36. The Balaban J connectivity index is 1.78. The number of alkyl carbamates (subject to hydrolysis) is 1. The van der Waals surface area contributed by atoms with E-state index in [1.165, 1.54) is 12.1 Å². The smallest absolute Gasteiger partial charge is 0.407 e. The van der Waals surface area contributed by atoms with Gasteiger partial charge in [0, 0.05) is 30.4 Å². The summed E-state index contributed by atoms with van der Waals surface area (Å²) in [6.07, 6.45) is -0.502. The van der Waals surface area contributed by atoms with Crippen LogP contribution in [0.1, 0.15) is 37.7 Å². The lowest BCUT2D eigenvalue weighted by Gasteiger charge is -2.19. The lowest BCUT2D eigenvalue weighted by Crippen LogP contribution is -2.34. The Morgan fingerprint density at radius 1 is 1.00 bits per heavy atom. The van der Waals surface area contributed by atoms with Crippen LogP contribution in [0, 0.1) is 0 Å². The van der Waals surface area contributed by atoms with E-state index >= 15 is 0 Å². The van der Waals surface area contributed by atoms with Gasteiger partial charge in [0.1, 0.15) is 11.3 Å². The standard InChI is InChI=1S/C19H23N5O5/c1-19(2,3)29-18(28)20-11-10-15(25)21-12-4-6-13(7-5-12)22-17(27)14-8-9-16(26)24-23-14/h4-9H,10-11H2,1-3H3,(H,20,28)(H,21,25)(H,22,27)(H,24,26). The molecular formula is C19H23N5O5. The molecule has 0 unspecified atom stereocenters. The topological polar surface area (TPSA) is 142 Å². The number of aromatic nitrogens is 2. The van der Waals surface area contributed by atoms with Crippen molar-refractivity contribution in [3.8, 4) is 0 Å². The van der Waals surface area contributed by atoms with Crippen molar-refractivity contribution in [1.29, 1.82) is 0 Å². The molecule has 1 heterocycles. The van der Waals surface area contributed by atoms with Gasteiger partial charge in [0.2, 0.25) is 5.91 Å². The van der Waals surface area contributed by atoms with Crippen LogP contribution in [0.25, 0.3) is 0 Å². The molecule has 3 amide bonds. The molecule has 1 aromatic carbocycles. The number of amides is 3. The number of nitrogens with zero attached hydrogens (tertiary/aromatic N) is 1. The van der Waals surface area contributed by atoms with Crippen LogP contribution in [-0.2, 0) is 9.53 Å². The first kappa shape index (κ1) is 21.6. The molecule has 4 N–H and O–H groups in total. The number of hydrogen-bond acceptors (Lipinski definition) is 6. The average Bonchev–Trinajstić information content (AvgIpc) is 2.62. The maximum Gasteiger partial charge on any atom is 0.407 e. The molecule has 1 aromatic heterocycles. The van der Waals surface area contributed by atoms with Crippen LogP contribution in [0.15, 0.2) is 41.2 Å². The Bertz CT molecular complexity index is 911. The molecule has 154 valence electrons. The molecule has 0 saturated heterocycles. The van der Waals surface area contributed by atoms with Gasteiger partial charge in [0.25, 0.3) is 11.5 Å². The van der Waals surface area contributed by atoms with Gasteiger partial charge < -0.3 is 20.7 Å². The fourth-order valence-corrected chi connectivity index (χ4v) is 2.12. The average molecular weight is 401 g/mol. The lowest BCUT2D eigenvalue weighted by molar-refractivity contribution is -0.116. The van der Waals surface area contributed by atoms with Crippen LogP contribution in [0.5, 0.6) is 0 Å². The molecule has 0 atom stereocenters. The number of aromatic amines is 1. The lowest BCUT2D eigenvalue weighted by atomic mass is 10.2. The quantitative estimate of drug-likeness (QED) is 0.582. The van der Waals surface area contributed by atoms with E-state index in [2.05, 4.69) is 26.1 Å². The summed E-state index contributed by atoms with van der Waals surface area (Å²) in [6, 6.07) is 8.98. The minimum Gasteiger partial charge on any atom is -0.444 e. The van der Waals surface area contributed by atoms with Gasteiger partial charge in [-0.2, -0.15) is 5.10 Å². The molecule has 0 spiro atoms. The van der Waals surface area contributed by atoms with Gasteiger partial charge in [-0.15, -0.1) is 0 Å². The fourth-order valence-electron chi connectivity index (χ4n) is 2.12. The highest BCUT2D eigenvalue weighted by Gasteiger charge is 2.16. The Labute approximate surface area is 167 Å². The van der Waals surface area contributed by atoms with Gasteiger partial charge in [0.05, 0.1) is 0 Å². The SMILES string of the molecule is CC(C)(C)OC(=O)NCCC(=O)Nc1ccc(NC(=O)c2ccc(=O)[nH]n2)cc1. The number of carbonyl (C=O) groups excluding carboxylic acids is 3. The number of ether oxygens (including phenoxy) is 1. The van der Waals surface area contributed by atoms with Gasteiger partial charge in [-0.05, 0) is 51.1 Å². The van der Waals surface area contributed by atoms with Gasteiger partial charge in [-0.1, -0.05) is 0 Å². The zero-order valence-electron chi connectivity index (χ0n) is 16.4. The van der Waals surface area contributed by atoms with E-state index in [1.54, 1.807) is 45.0 Å².